The summed E-state index contributed by atoms with van der Waals surface area (Å²) in [5.74, 6) is 0. The van der Waals surface area contributed by atoms with Gasteiger partial charge in [0.05, 0.1) is 17.9 Å². The van der Waals surface area contributed by atoms with E-state index in [-0.39, 0.29) is 0 Å². The maximum absolute atomic E-state index is 5.76. The molecule has 0 radical (unpaired) electrons. The van der Waals surface area contributed by atoms with E-state index < -0.39 is 0 Å². The maximum Gasteiger partial charge on any atom is 0.0932 e. The normalized spacial score (nSPS) is 17.9. The molecule has 0 aromatic carbocycles. The van der Waals surface area contributed by atoms with Crippen LogP contribution in [-0.4, -0.2) is 27.8 Å². The van der Waals surface area contributed by atoms with E-state index in [2.05, 4.69) is 22.2 Å². The molecular weight excluding hydrogens is 186 g/mol. The molecule has 0 fully saturated rings. The standard InChI is InChI=1S/C9H12ClN3/c10-9-6-11-13(7-9)8-12-4-2-1-3-5-12/h1-2,6-7H,3-5,8H2. The van der Waals surface area contributed by atoms with E-state index in [0.29, 0.717) is 5.02 Å². The highest BCUT2D eigenvalue weighted by Crippen LogP contribution is 2.07. The van der Waals surface area contributed by atoms with E-state index in [1.165, 1.54) is 0 Å². The molecule has 0 saturated carbocycles. The fourth-order valence-electron chi connectivity index (χ4n) is 1.44. The lowest BCUT2D eigenvalue weighted by Gasteiger charge is -2.22. The molecule has 1 aromatic rings. The molecule has 13 heavy (non-hydrogen) atoms. The first-order valence-electron chi connectivity index (χ1n) is 4.40. The van der Waals surface area contributed by atoms with Gasteiger partial charge in [-0.1, -0.05) is 23.8 Å². The first-order chi connectivity index (χ1) is 6.34. The molecule has 4 heteroatoms. The zero-order valence-electron chi connectivity index (χ0n) is 7.36. The molecule has 0 amide bonds. The molecule has 1 aliphatic rings. The average molecular weight is 198 g/mol. The van der Waals surface area contributed by atoms with E-state index in [1.54, 1.807) is 6.20 Å². The molecule has 0 saturated heterocycles. The number of aromatic nitrogens is 2. The Labute approximate surface area is 82.6 Å². The molecular formula is C9H12ClN3. The van der Waals surface area contributed by atoms with Gasteiger partial charge in [0.1, 0.15) is 0 Å². The zero-order chi connectivity index (χ0) is 9.10. The zero-order valence-corrected chi connectivity index (χ0v) is 8.11. The Kier molecular flexibility index (Phi) is 2.66. The quantitative estimate of drug-likeness (QED) is 0.674. The monoisotopic (exact) mass is 197 g/mol. The highest BCUT2D eigenvalue weighted by atomic mass is 35.5. The Morgan fingerprint density at radius 1 is 1.46 bits per heavy atom. The molecule has 1 aliphatic heterocycles. The smallest absolute Gasteiger partial charge is 0.0932 e. The van der Waals surface area contributed by atoms with Crippen molar-refractivity contribution in [1.82, 2.24) is 14.7 Å². The van der Waals surface area contributed by atoms with Gasteiger partial charge < -0.3 is 0 Å². The largest absolute Gasteiger partial charge is 0.280 e. The molecule has 0 spiro atoms. The number of hydrogen-bond donors (Lipinski definition) is 0. The van der Waals surface area contributed by atoms with Gasteiger partial charge in [0, 0.05) is 19.3 Å². The van der Waals surface area contributed by atoms with Gasteiger partial charge in [-0.25, -0.2) is 0 Å². The lowest BCUT2D eigenvalue weighted by Crippen LogP contribution is -2.29. The van der Waals surface area contributed by atoms with Crippen LogP contribution in [0.2, 0.25) is 5.02 Å². The molecule has 0 atom stereocenters. The molecule has 2 heterocycles. The highest BCUT2D eigenvalue weighted by molar-refractivity contribution is 6.30. The van der Waals surface area contributed by atoms with E-state index in [0.717, 1.165) is 26.2 Å². The summed E-state index contributed by atoms with van der Waals surface area (Å²) in [6, 6.07) is 0. The van der Waals surface area contributed by atoms with Crippen LogP contribution in [-0.2, 0) is 6.67 Å². The van der Waals surface area contributed by atoms with Crippen LogP contribution in [0.3, 0.4) is 0 Å². The van der Waals surface area contributed by atoms with Gasteiger partial charge in [0.2, 0.25) is 0 Å². The average Bonchev–Trinajstić information content (AvgIpc) is 2.53. The van der Waals surface area contributed by atoms with Crippen molar-refractivity contribution < 1.29 is 0 Å². The number of hydrogen-bond acceptors (Lipinski definition) is 2. The minimum absolute atomic E-state index is 0.701. The minimum atomic E-state index is 0.701. The van der Waals surface area contributed by atoms with Crippen LogP contribution in [0.1, 0.15) is 6.42 Å². The summed E-state index contributed by atoms with van der Waals surface area (Å²) < 4.78 is 1.86. The van der Waals surface area contributed by atoms with Crippen molar-refractivity contribution in [2.45, 2.75) is 13.1 Å². The topological polar surface area (TPSA) is 21.1 Å². The van der Waals surface area contributed by atoms with Crippen molar-refractivity contribution in [1.29, 1.82) is 0 Å². The van der Waals surface area contributed by atoms with Crippen molar-refractivity contribution in [3.05, 3.63) is 29.6 Å². The number of halogens is 1. The Balaban J connectivity index is 1.94. The van der Waals surface area contributed by atoms with E-state index >= 15 is 0 Å². The first-order valence-corrected chi connectivity index (χ1v) is 4.78. The van der Waals surface area contributed by atoms with Crippen molar-refractivity contribution in [3.8, 4) is 0 Å². The predicted molar refractivity (Wildman–Crippen MR) is 52.6 cm³/mol. The summed E-state index contributed by atoms with van der Waals surface area (Å²) in [5.41, 5.74) is 0. The van der Waals surface area contributed by atoms with Crippen LogP contribution >= 0.6 is 11.6 Å². The molecule has 3 nitrogen and oxygen atoms in total. The molecule has 0 aliphatic carbocycles. The third-order valence-corrected chi connectivity index (χ3v) is 2.28. The highest BCUT2D eigenvalue weighted by Gasteiger charge is 2.06. The van der Waals surface area contributed by atoms with Gasteiger partial charge in [-0.05, 0) is 6.42 Å². The summed E-state index contributed by atoms with van der Waals surface area (Å²) in [7, 11) is 0. The second kappa shape index (κ2) is 3.94. The van der Waals surface area contributed by atoms with Gasteiger partial charge in [-0.2, -0.15) is 5.10 Å². The van der Waals surface area contributed by atoms with Crippen LogP contribution in [0.25, 0.3) is 0 Å². The van der Waals surface area contributed by atoms with Crippen molar-refractivity contribution in [3.63, 3.8) is 0 Å². The summed E-state index contributed by atoms with van der Waals surface area (Å²) >= 11 is 5.76. The Bertz CT molecular complexity index is 306. The van der Waals surface area contributed by atoms with Gasteiger partial charge >= 0.3 is 0 Å². The van der Waals surface area contributed by atoms with Crippen molar-refractivity contribution >= 4 is 11.6 Å². The van der Waals surface area contributed by atoms with E-state index in [9.17, 15) is 0 Å². The Hall–Kier alpha value is -0.800. The summed E-state index contributed by atoms with van der Waals surface area (Å²) in [5, 5.41) is 4.83. The summed E-state index contributed by atoms with van der Waals surface area (Å²) in [6.07, 6.45) is 9.05. The second-order valence-electron chi connectivity index (χ2n) is 3.18. The molecule has 70 valence electrons. The number of rotatable bonds is 2. The fourth-order valence-corrected chi connectivity index (χ4v) is 1.60. The van der Waals surface area contributed by atoms with Gasteiger partial charge in [-0.15, -0.1) is 0 Å². The van der Waals surface area contributed by atoms with Gasteiger partial charge in [0.25, 0.3) is 0 Å². The van der Waals surface area contributed by atoms with Crippen molar-refractivity contribution in [2.24, 2.45) is 0 Å². The van der Waals surface area contributed by atoms with E-state index in [1.807, 2.05) is 10.9 Å². The van der Waals surface area contributed by atoms with E-state index in [4.69, 9.17) is 11.6 Å². The SMILES string of the molecule is Clc1cnn(CN2CC=CCC2)c1. The Morgan fingerprint density at radius 3 is 3.00 bits per heavy atom. The van der Waals surface area contributed by atoms with Gasteiger partial charge in [-0.3, -0.25) is 9.58 Å². The lowest BCUT2D eigenvalue weighted by molar-refractivity contribution is 0.226. The van der Waals surface area contributed by atoms with Crippen LogP contribution in [0.15, 0.2) is 24.5 Å². The first kappa shape index (κ1) is 8.78. The third kappa shape index (κ3) is 2.32. The molecule has 2 rings (SSSR count). The molecule has 0 bridgehead atoms. The maximum atomic E-state index is 5.76. The van der Waals surface area contributed by atoms with Crippen LogP contribution in [0.4, 0.5) is 0 Å². The van der Waals surface area contributed by atoms with Crippen LogP contribution in [0, 0.1) is 0 Å². The summed E-state index contributed by atoms with van der Waals surface area (Å²) in [4.78, 5) is 2.32. The van der Waals surface area contributed by atoms with Crippen LogP contribution < -0.4 is 0 Å². The third-order valence-electron chi connectivity index (χ3n) is 2.09. The molecule has 0 unspecified atom stereocenters. The van der Waals surface area contributed by atoms with Crippen molar-refractivity contribution in [2.75, 3.05) is 13.1 Å². The Morgan fingerprint density at radius 2 is 2.38 bits per heavy atom. The van der Waals surface area contributed by atoms with Gasteiger partial charge in [0.15, 0.2) is 0 Å². The molecule has 0 N–H and O–H groups in total. The fraction of sp³-hybridized carbons (Fsp3) is 0.444. The predicted octanol–water partition coefficient (Wildman–Crippen LogP) is 1.76. The number of nitrogens with zero attached hydrogens (tertiary/aromatic N) is 3. The minimum Gasteiger partial charge on any atom is -0.280 e. The van der Waals surface area contributed by atoms with Crippen LogP contribution in [0.5, 0.6) is 0 Å². The molecule has 1 aromatic heterocycles. The lowest BCUT2D eigenvalue weighted by atomic mass is 10.3. The summed E-state index contributed by atoms with van der Waals surface area (Å²) in [6.45, 7) is 2.95. The second-order valence-corrected chi connectivity index (χ2v) is 3.61.